The number of rotatable bonds is 6. The number of benzene rings is 1. The number of anilines is 1. The summed E-state index contributed by atoms with van der Waals surface area (Å²) in [7, 11) is -3.67. The maximum atomic E-state index is 12.4. The van der Waals surface area contributed by atoms with E-state index >= 15 is 0 Å². The first-order valence-corrected chi connectivity index (χ1v) is 11.6. The van der Waals surface area contributed by atoms with Gasteiger partial charge in [0.2, 0.25) is 10.0 Å². The highest BCUT2D eigenvalue weighted by Gasteiger charge is 2.50. The molecule has 2 aliphatic heterocycles. The third kappa shape index (κ3) is 4.40. The van der Waals surface area contributed by atoms with Crippen LogP contribution in [-0.4, -0.2) is 57.9 Å². The topological polar surface area (TPSA) is 120 Å². The molecular weight excluding hydrogens is 432 g/mol. The number of hydrogen-bond donors (Lipinski definition) is 2. The van der Waals surface area contributed by atoms with E-state index in [0.29, 0.717) is 11.3 Å². The summed E-state index contributed by atoms with van der Waals surface area (Å²) >= 11 is 1.12. The number of carbonyl (C=O) groups is 2. The Bertz CT molecular complexity index is 1020. The third-order valence-corrected chi connectivity index (χ3v) is 7.76. The van der Waals surface area contributed by atoms with Gasteiger partial charge in [0.15, 0.2) is 11.9 Å². The summed E-state index contributed by atoms with van der Waals surface area (Å²) in [6, 6.07) is 9.04. The number of nitrogens with one attached hydrogen (secondary N) is 2. The van der Waals surface area contributed by atoms with Crippen LogP contribution in [0.4, 0.5) is 10.5 Å². The molecule has 2 aromatic rings. The highest BCUT2D eigenvalue weighted by atomic mass is 32.2. The monoisotopic (exact) mass is 452 g/mol. The van der Waals surface area contributed by atoms with Gasteiger partial charge in [-0.05, 0) is 42.6 Å². The van der Waals surface area contributed by atoms with Crippen LogP contribution < -0.4 is 10.0 Å². The van der Waals surface area contributed by atoms with Crippen molar-refractivity contribution in [3.05, 3.63) is 47.3 Å². The maximum absolute atomic E-state index is 12.4. The van der Waals surface area contributed by atoms with E-state index in [0.717, 1.165) is 11.3 Å². The van der Waals surface area contributed by atoms with E-state index in [2.05, 4.69) is 10.0 Å². The van der Waals surface area contributed by atoms with E-state index in [-0.39, 0.29) is 23.2 Å². The van der Waals surface area contributed by atoms with Crippen molar-refractivity contribution in [2.45, 2.75) is 35.5 Å². The average molecular weight is 453 g/mol. The van der Waals surface area contributed by atoms with Crippen LogP contribution in [-0.2, 0) is 24.2 Å². The molecule has 3 heterocycles. The molecule has 2 saturated heterocycles. The van der Waals surface area contributed by atoms with Crippen LogP contribution in [0.3, 0.4) is 0 Å². The van der Waals surface area contributed by atoms with E-state index in [1.54, 1.807) is 35.7 Å². The number of carbonyl (C=O) groups excluding carboxylic acids is 2. The molecule has 0 radical (unpaired) electrons. The van der Waals surface area contributed by atoms with Crippen LogP contribution in [0.15, 0.2) is 46.0 Å². The largest absolute Gasteiger partial charge is 0.441 e. The fourth-order valence-corrected chi connectivity index (χ4v) is 5.65. The number of ketones is 1. The molecule has 2 fully saturated rings. The fourth-order valence-electron chi connectivity index (χ4n) is 3.41. The first-order valence-electron chi connectivity index (χ1n) is 9.21. The van der Waals surface area contributed by atoms with Crippen molar-refractivity contribution in [3.63, 3.8) is 0 Å². The quantitative estimate of drug-likeness (QED) is 0.643. The molecule has 0 aliphatic carbocycles. The second-order valence-electron chi connectivity index (χ2n) is 6.96. The highest BCUT2D eigenvalue weighted by molar-refractivity contribution is 7.91. The first-order chi connectivity index (χ1) is 14.3. The minimum atomic E-state index is -3.67. The van der Waals surface area contributed by atoms with Gasteiger partial charge in [-0.15, -0.1) is 11.3 Å². The smallest absolute Gasteiger partial charge is 0.412 e. The predicted octanol–water partition coefficient (Wildman–Crippen LogP) is 2.01. The number of thiophene rings is 1. The Hall–Kier alpha value is -2.31. The lowest BCUT2D eigenvalue weighted by molar-refractivity contribution is 0.00883. The van der Waals surface area contributed by atoms with E-state index in [1.165, 1.54) is 13.0 Å². The van der Waals surface area contributed by atoms with Crippen LogP contribution in [0.2, 0.25) is 0 Å². The van der Waals surface area contributed by atoms with Crippen molar-refractivity contribution >= 4 is 38.9 Å². The van der Waals surface area contributed by atoms with Gasteiger partial charge in [-0.1, -0.05) is 6.07 Å². The van der Waals surface area contributed by atoms with Gasteiger partial charge >= 0.3 is 6.09 Å². The third-order valence-electron chi connectivity index (χ3n) is 4.87. The van der Waals surface area contributed by atoms with Crippen molar-refractivity contribution in [2.24, 2.45) is 0 Å². The summed E-state index contributed by atoms with van der Waals surface area (Å²) in [5, 5.41) is 4.27. The number of ether oxygens (including phenoxy) is 3. The van der Waals surface area contributed by atoms with E-state index < -0.39 is 40.5 Å². The lowest BCUT2D eigenvalue weighted by atomic mass is 10.1. The Balaban J connectivity index is 1.33. The summed E-state index contributed by atoms with van der Waals surface area (Å²) < 4.78 is 44.4. The molecular formula is C19H20N2O7S2. The predicted molar refractivity (Wildman–Crippen MR) is 108 cm³/mol. The van der Waals surface area contributed by atoms with Crippen molar-refractivity contribution in [3.8, 4) is 0 Å². The van der Waals surface area contributed by atoms with E-state index in [9.17, 15) is 18.0 Å². The summed E-state index contributed by atoms with van der Waals surface area (Å²) in [5.74, 6) is -0.0686. The van der Waals surface area contributed by atoms with Crippen molar-refractivity contribution in [1.82, 2.24) is 4.72 Å². The molecule has 1 amide bonds. The Labute approximate surface area is 177 Å². The summed E-state index contributed by atoms with van der Waals surface area (Å²) in [6.07, 6.45) is -2.46. The van der Waals surface area contributed by atoms with Crippen LogP contribution in [0.25, 0.3) is 0 Å². The zero-order valence-corrected chi connectivity index (χ0v) is 17.6. The zero-order chi connectivity index (χ0) is 21.3. The fraction of sp³-hybridized carbons (Fsp3) is 0.368. The minimum absolute atomic E-state index is 0.0686. The number of amides is 1. The van der Waals surface area contributed by atoms with Gasteiger partial charge in [-0.25, -0.2) is 17.9 Å². The van der Waals surface area contributed by atoms with Crippen LogP contribution >= 0.6 is 11.3 Å². The van der Waals surface area contributed by atoms with E-state index in [4.69, 9.17) is 14.2 Å². The van der Waals surface area contributed by atoms with Crippen LogP contribution in [0, 0.1) is 0 Å². The Morgan fingerprint density at radius 1 is 1.10 bits per heavy atom. The zero-order valence-electron chi connectivity index (χ0n) is 15.9. The molecule has 0 spiro atoms. The van der Waals surface area contributed by atoms with Crippen molar-refractivity contribution in [1.29, 1.82) is 0 Å². The Morgan fingerprint density at radius 2 is 1.83 bits per heavy atom. The molecule has 4 atom stereocenters. The van der Waals surface area contributed by atoms with Gasteiger partial charge in [0.25, 0.3) is 0 Å². The lowest BCUT2D eigenvalue weighted by Crippen LogP contribution is -2.44. The van der Waals surface area contributed by atoms with Crippen molar-refractivity contribution in [2.75, 3.05) is 18.5 Å². The second-order valence-corrected chi connectivity index (χ2v) is 9.85. The normalized spacial score (nSPS) is 25.6. The number of fused-ring (bicyclic) bond motifs is 1. The van der Waals surface area contributed by atoms with Gasteiger partial charge in [0, 0.05) is 11.3 Å². The molecule has 1 aromatic heterocycles. The molecule has 11 heteroatoms. The molecule has 0 bridgehead atoms. The molecule has 0 saturated carbocycles. The molecule has 4 rings (SSSR count). The summed E-state index contributed by atoms with van der Waals surface area (Å²) in [6.45, 7) is 1.68. The van der Waals surface area contributed by atoms with Crippen LogP contribution in [0.5, 0.6) is 0 Å². The van der Waals surface area contributed by atoms with Crippen molar-refractivity contribution < 1.29 is 32.2 Å². The second kappa shape index (κ2) is 8.44. The summed E-state index contributed by atoms with van der Waals surface area (Å²) in [4.78, 5) is 23.5. The van der Waals surface area contributed by atoms with Crippen LogP contribution in [0.1, 0.15) is 17.3 Å². The van der Waals surface area contributed by atoms with Gasteiger partial charge in [0.1, 0.15) is 16.4 Å². The molecule has 9 nitrogen and oxygen atoms in total. The van der Waals surface area contributed by atoms with Gasteiger partial charge in [0.05, 0.1) is 19.3 Å². The lowest BCUT2D eigenvalue weighted by Gasteiger charge is -2.18. The standard InChI is InChI=1S/C19H20N2O7S2/c1-11(22)12-4-6-13(7-5-12)20-19(23)28-15-10-27-17-14(9-26-18(15)17)21-30(24,25)16-3-2-8-29-16/h2-8,14-15,17-18,21H,9-10H2,1H3,(H,20,23)/t14-,15+,17+,18+/m0/s1. The van der Waals surface area contributed by atoms with E-state index in [1.807, 2.05) is 0 Å². The molecule has 2 N–H and O–H groups in total. The highest BCUT2D eigenvalue weighted by Crippen LogP contribution is 2.30. The molecule has 160 valence electrons. The molecule has 2 aliphatic rings. The number of hydrogen-bond acceptors (Lipinski definition) is 8. The number of Topliss-reactive ketones (excluding diaryl/α,β-unsaturated/α-hetero) is 1. The van der Waals surface area contributed by atoms with Gasteiger partial charge < -0.3 is 14.2 Å². The van der Waals surface area contributed by atoms with Gasteiger partial charge in [-0.3, -0.25) is 10.1 Å². The summed E-state index contributed by atoms with van der Waals surface area (Å²) in [5.41, 5.74) is 1.02. The van der Waals surface area contributed by atoms with Gasteiger partial charge in [-0.2, -0.15) is 0 Å². The molecule has 1 aromatic carbocycles. The Kier molecular flexibility index (Phi) is 5.89. The SMILES string of the molecule is CC(=O)c1ccc(NC(=O)O[C@@H]2CO[C@H]3[C@@H]2OC[C@@H]3NS(=O)(=O)c2cccs2)cc1. The molecule has 0 unspecified atom stereocenters. The first kappa shape index (κ1) is 20.9. The average Bonchev–Trinajstić information content (AvgIpc) is 3.43. The minimum Gasteiger partial charge on any atom is -0.441 e. The number of sulfonamides is 1. The Morgan fingerprint density at radius 3 is 2.50 bits per heavy atom. The molecule has 30 heavy (non-hydrogen) atoms. The maximum Gasteiger partial charge on any atom is 0.412 e.